The molecule has 7 nitrogen and oxygen atoms in total. The molecular weight excluding hydrogens is 350 g/mol. The van der Waals surface area contributed by atoms with Gasteiger partial charge in [-0.1, -0.05) is 32.6 Å². The van der Waals surface area contributed by atoms with E-state index in [1.807, 2.05) is 18.5 Å². The maximum atomic E-state index is 4.84. The standard InChI is InChI=1S/C21H39N7/c1-4-19-12-8-9-14-28(19)15-13-22-21(24-18-10-6-5-7-11-18)23-16-20-26-25-17(2)27(20)3/h18-19H,4-16H2,1-3H3,(H2,22,23,24). The minimum Gasteiger partial charge on any atom is -0.355 e. The van der Waals surface area contributed by atoms with E-state index in [0.29, 0.717) is 12.6 Å². The average Bonchev–Trinajstić information content (AvgIpc) is 3.05. The van der Waals surface area contributed by atoms with Gasteiger partial charge in [0.1, 0.15) is 12.4 Å². The first-order valence-corrected chi connectivity index (χ1v) is 11.3. The van der Waals surface area contributed by atoms with E-state index in [1.54, 1.807) is 0 Å². The quantitative estimate of drug-likeness (QED) is 0.554. The summed E-state index contributed by atoms with van der Waals surface area (Å²) in [5.74, 6) is 2.76. The summed E-state index contributed by atoms with van der Waals surface area (Å²) in [5.41, 5.74) is 0. The van der Waals surface area contributed by atoms with Crippen LogP contribution < -0.4 is 10.6 Å². The third-order valence-corrected chi connectivity index (χ3v) is 6.42. The molecule has 2 N–H and O–H groups in total. The lowest BCUT2D eigenvalue weighted by molar-refractivity contribution is 0.147. The van der Waals surface area contributed by atoms with Crippen molar-refractivity contribution in [3.05, 3.63) is 11.6 Å². The Labute approximate surface area is 170 Å². The predicted octanol–water partition coefficient (Wildman–Crippen LogP) is 2.76. The third kappa shape index (κ3) is 5.93. The molecule has 1 aromatic rings. The summed E-state index contributed by atoms with van der Waals surface area (Å²) < 4.78 is 2.02. The number of rotatable bonds is 7. The Balaban J connectivity index is 1.56. The van der Waals surface area contributed by atoms with E-state index in [4.69, 9.17) is 4.99 Å². The number of aryl methyl sites for hydroxylation is 1. The zero-order chi connectivity index (χ0) is 19.8. The van der Waals surface area contributed by atoms with E-state index >= 15 is 0 Å². The first-order chi connectivity index (χ1) is 13.7. The van der Waals surface area contributed by atoms with Crippen LogP contribution in [0.25, 0.3) is 0 Å². The fourth-order valence-corrected chi connectivity index (χ4v) is 4.47. The molecule has 1 atom stereocenters. The Morgan fingerprint density at radius 2 is 1.89 bits per heavy atom. The van der Waals surface area contributed by atoms with E-state index in [1.165, 1.54) is 64.3 Å². The molecule has 7 heteroatoms. The topological polar surface area (TPSA) is 70.4 Å². The molecule has 1 unspecified atom stereocenters. The minimum absolute atomic E-state index is 0.541. The zero-order valence-electron chi connectivity index (χ0n) is 18.1. The normalized spacial score (nSPS) is 22.4. The van der Waals surface area contributed by atoms with Gasteiger partial charge in [0.05, 0.1) is 0 Å². The maximum Gasteiger partial charge on any atom is 0.191 e. The Hall–Kier alpha value is -1.63. The van der Waals surface area contributed by atoms with Crippen molar-refractivity contribution in [1.29, 1.82) is 0 Å². The third-order valence-electron chi connectivity index (χ3n) is 6.42. The Kier molecular flexibility index (Phi) is 8.13. The van der Waals surface area contributed by atoms with Crippen molar-refractivity contribution in [2.75, 3.05) is 19.6 Å². The minimum atomic E-state index is 0.541. The summed E-state index contributed by atoms with van der Waals surface area (Å²) in [4.78, 5) is 7.49. The van der Waals surface area contributed by atoms with E-state index in [2.05, 4.69) is 32.7 Å². The van der Waals surface area contributed by atoms with Crippen LogP contribution in [0.3, 0.4) is 0 Å². The second-order valence-corrected chi connectivity index (χ2v) is 8.39. The molecule has 1 aliphatic heterocycles. The summed E-state index contributed by atoms with van der Waals surface area (Å²) in [7, 11) is 2.00. The molecule has 2 aliphatic rings. The fraction of sp³-hybridized carbons (Fsp3) is 0.857. The summed E-state index contributed by atoms with van der Waals surface area (Å²) in [5, 5.41) is 15.7. The van der Waals surface area contributed by atoms with Gasteiger partial charge in [0, 0.05) is 32.2 Å². The summed E-state index contributed by atoms with van der Waals surface area (Å²) in [6.45, 7) is 8.11. The van der Waals surface area contributed by atoms with Gasteiger partial charge in [0.15, 0.2) is 11.8 Å². The molecule has 2 fully saturated rings. The van der Waals surface area contributed by atoms with Crippen LogP contribution >= 0.6 is 0 Å². The fourth-order valence-electron chi connectivity index (χ4n) is 4.47. The van der Waals surface area contributed by atoms with Crippen LogP contribution in [0.15, 0.2) is 4.99 Å². The van der Waals surface area contributed by atoms with Crippen LogP contribution in [0.4, 0.5) is 0 Å². The molecule has 0 bridgehead atoms. The van der Waals surface area contributed by atoms with Gasteiger partial charge in [-0.15, -0.1) is 10.2 Å². The second kappa shape index (κ2) is 10.8. The van der Waals surface area contributed by atoms with Crippen LogP contribution in [-0.2, 0) is 13.6 Å². The van der Waals surface area contributed by atoms with Gasteiger partial charge < -0.3 is 15.2 Å². The lowest BCUT2D eigenvalue weighted by Gasteiger charge is -2.35. The van der Waals surface area contributed by atoms with Crippen molar-refractivity contribution >= 4 is 5.96 Å². The SMILES string of the molecule is CCC1CCCCN1CCNC(=NCc1nnc(C)n1C)NC1CCCCC1. The molecule has 0 aromatic carbocycles. The number of nitrogens with zero attached hydrogens (tertiary/aromatic N) is 5. The van der Waals surface area contributed by atoms with Crippen molar-refractivity contribution in [2.24, 2.45) is 12.0 Å². The molecule has 1 aromatic heterocycles. The number of guanidine groups is 1. The molecule has 1 saturated carbocycles. The molecular formula is C21H39N7. The Morgan fingerprint density at radius 1 is 1.11 bits per heavy atom. The number of aromatic nitrogens is 3. The predicted molar refractivity (Wildman–Crippen MR) is 114 cm³/mol. The summed E-state index contributed by atoms with van der Waals surface area (Å²) in [6, 6.07) is 1.29. The lowest BCUT2D eigenvalue weighted by Crippen LogP contribution is -2.48. The smallest absolute Gasteiger partial charge is 0.191 e. The van der Waals surface area contributed by atoms with Crippen LogP contribution in [0.5, 0.6) is 0 Å². The molecule has 0 radical (unpaired) electrons. The number of hydrogen-bond acceptors (Lipinski definition) is 4. The monoisotopic (exact) mass is 389 g/mol. The maximum absolute atomic E-state index is 4.84. The van der Waals surface area contributed by atoms with Crippen LogP contribution in [-0.4, -0.2) is 57.3 Å². The van der Waals surface area contributed by atoms with Gasteiger partial charge in [-0.25, -0.2) is 4.99 Å². The first-order valence-electron chi connectivity index (χ1n) is 11.3. The van der Waals surface area contributed by atoms with Crippen LogP contribution in [0.1, 0.15) is 76.4 Å². The van der Waals surface area contributed by atoms with Crippen molar-refractivity contribution in [1.82, 2.24) is 30.3 Å². The molecule has 1 aliphatic carbocycles. The Bertz CT molecular complexity index is 618. The highest BCUT2D eigenvalue weighted by atomic mass is 15.3. The van der Waals surface area contributed by atoms with Gasteiger partial charge in [0.2, 0.25) is 0 Å². The Morgan fingerprint density at radius 3 is 2.61 bits per heavy atom. The number of nitrogens with one attached hydrogen (secondary N) is 2. The highest BCUT2D eigenvalue weighted by Crippen LogP contribution is 2.19. The first kappa shape index (κ1) is 21.1. The highest BCUT2D eigenvalue weighted by molar-refractivity contribution is 5.80. The van der Waals surface area contributed by atoms with Crippen molar-refractivity contribution in [3.8, 4) is 0 Å². The largest absolute Gasteiger partial charge is 0.355 e. The van der Waals surface area contributed by atoms with E-state index in [-0.39, 0.29) is 0 Å². The molecule has 28 heavy (non-hydrogen) atoms. The average molecular weight is 390 g/mol. The lowest BCUT2D eigenvalue weighted by atomic mass is 9.96. The highest BCUT2D eigenvalue weighted by Gasteiger charge is 2.20. The van der Waals surface area contributed by atoms with Crippen molar-refractivity contribution < 1.29 is 0 Å². The van der Waals surface area contributed by atoms with E-state index < -0.39 is 0 Å². The van der Waals surface area contributed by atoms with Gasteiger partial charge in [-0.05, 0) is 45.6 Å². The van der Waals surface area contributed by atoms with Crippen molar-refractivity contribution in [3.63, 3.8) is 0 Å². The molecule has 1 saturated heterocycles. The van der Waals surface area contributed by atoms with E-state index in [0.717, 1.165) is 36.7 Å². The van der Waals surface area contributed by atoms with Crippen molar-refractivity contribution in [2.45, 2.75) is 90.3 Å². The van der Waals surface area contributed by atoms with Gasteiger partial charge in [0.25, 0.3) is 0 Å². The van der Waals surface area contributed by atoms with Gasteiger partial charge >= 0.3 is 0 Å². The molecule has 2 heterocycles. The van der Waals surface area contributed by atoms with Gasteiger partial charge in [-0.3, -0.25) is 4.90 Å². The van der Waals surface area contributed by atoms with Crippen LogP contribution in [0.2, 0.25) is 0 Å². The van der Waals surface area contributed by atoms with Gasteiger partial charge in [-0.2, -0.15) is 0 Å². The molecule has 0 amide bonds. The number of piperidine rings is 1. The molecule has 158 valence electrons. The summed E-state index contributed by atoms with van der Waals surface area (Å²) in [6.07, 6.45) is 11.8. The molecule has 0 spiro atoms. The van der Waals surface area contributed by atoms with Crippen LogP contribution in [0, 0.1) is 6.92 Å². The summed E-state index contributed by atoms with van der Waals surface area (Å²) >= 11 is 0. The zero-order valence-corrected chi connectivity index (χ0v) is 18.1. The number of likely N-dealkylation sites (tertiary alicyclic amines) is 1. The molecule has 3 rings (SSSR count). The second-order valence-electron chi connectivity index (χ2n) is 8.39. The van der Waals surface area contributed by atoms with E-state index in [9.17, 15) is 0 Å². The number of hydrogen-bond donors (Lipinski definition) is 2. The number of aliphatic imine (C=N–C) groups is 1.